The lowest BCUT2D eigenvalue weighted by Crippen LogP contribution is -2.17. The highest BCUT2D eigenvalue weighted by molar-refractivity contribution is 9.10. The molecular weight excluding hydrogens is 320 g/mol. The lowest BCUT2D eigenvalue weighted by molar-refractivity contribution is 0.580. The Kier molecular flexibility index (Phi) is 3.26. The van der Waals surface area contributed by atoms with Crippen LogP contribution in [-0.2, 0) is 17.1 Å². The molecule has 2 aromatic rings. The number of nitrogens with two attached hydrogens (primary N) is 1. The first-order valence-electron chi connectivity index (χ1n) is 4.99. The largest absolute Gasteiger partial charge is 0.300 e. The van der Waals surface area contributed by atoms with Crippen LogP contribution in [0.1, 0.15) is 5.56 Å². The molecular formula is C10H11BrN4O2S. The van der Waals surface area contributed by atoms with E-state index in [4.69, 9.17) is 5.14 Å². The average Bonchev–Trinajstić information content (AvgIpc) is 2.64. The van der Waals surface area contributed by atoms with Crippen molar-refractivity contribution in [3.8, 4) is 11.4 Å². The molecule has 0 aliphatic carbocycles. The molecule has 0 aliphatic rings. The van der Waals surface area contributed by atoms with Crippen LogP contribution in [0.2, 0.25) is 0 Å². The molecule has 0 atom stereocenters. The Morgan fingerprint density at radius 2 is 2.00 bits per heavy atom. The number of nitrogens with zero attached hydrogens (tertiary/aromatic N) is 3. The SMILES string of the molecule is Cc1ccc(-c2nnc(S(N)(=O)=O)n2C)cc1Br. The zero-order valence-electron chi connectivity index (χ0n) is 9.75. The maximum absolute atomic E-state index is 11.3. The molecule has 0 saturated heterocycles. The maximum Gasteiger partial charge on any atom is 0.273 e. The van der Waals surface area contributed by atoms with Gasteiger partial charge in [0.1, 0.15) is 0 Å². The van der Waals surface area contributed by atoms with Crippen molar-refractivity contribution in [2.24, 2.45) is 12.2 Å². The van der Waals surface area contributed by atoms with Gasteiger partial charge in [-0.2, -0.15) is 0 Å². The van der Waals surface area contributed by atoms with Gasteiger partial charge in [0.05, 0.1) is 0 Å². The topological polar surface area (TPSA) is 90.9 Å². The van der Waals surface area contributed by atoms with Crippen molar-refractivity contribution in [3.05, 3.63) is 28.2 Å². The minimum absolute atomic E-state index is 0.255. The number of aromatic nitrogens is 3. The van der Waals surface area contributed by atoms with E-state index in [9.17, 15) is 8.42 Å². The van der Waals surface area contributed by atoms with Gasteiger partial charge < -0.3 is 0 Å². The molecule has 1 aromatic heterocycles. The van der Waals surface area contributed by atoms with Crippen LogP contribution >= 0.6 is 15.9 Å². The van der Waals surface area contributed by atoms with E-state index in [1.807, 2.05) is 25.1 Å². The smallest absolute Gasteiger partial charge is 0.273 e. The number of sulfonamides is 1. The molecule has 2 N–H and O–H groups in total. The Morgan fingerprint density at radius 3 is 2.50 bits per heavy atom. The third-order valence-electron chi connectivity index (χ3n) is 2.52. The molecule has 8 heteroatoms. The quantitative estimate of drug-likeness (QED) is 0.895. The maximum atomic E-state index is 11.3. The van der Waals surface area contributed by atoms with E-state index in [-0.39, 0.29) is 5.16 Å². The number of aryl methyl sites for hydroxylation is 1. The van der Waals surface area contributed by atoms with E-state index in [1.54, 1.807) is 7.05 Å². The number of hydrogen-bond acceptors (Lipinski definition) is 4. The van der Waals surface area contributed by atoms with Gasteiger partial charge in [0.15, 0.2) is 5.82 Å². The highest BCUT2D eigenvalue weighted by Gasteiger charge is 2.19. The monoisotopic (exact) mass is 330 g/mol. The summed E-state index contributed by atoms with van der Waals surface area (Å²) in [5, 5.41) is 12.2. The van der Waals surface area contributed by atoms with Crippen molar-refractivity contribution in [2.45, 2.75) is 12.1 Å². The van der Waals surface area contributed by atoms with Crippen LogP contribution in [0.4, 0.5) is 0 Å². The number of hydrogen-bond donors (Lipinski definition) is 1. The van der Waals surface area contributed by atoms with Crippen molar-refractivity contribution >= 4 is 26.0 Å². The molecule has 2 rings (SSSR count). The van der Waals surface area contributed by atoms with Gasteiger partial charge in [-0.1, -0.05) is 28.1 Å². The molecule has 18 heavy (non-hydrogen) atoms. The van der Waals surface area contributed by atoms with E-state index in [0.717, 1.165) is 15.6 Å². The van der Waals surface area contributed by atoms with Crippen LogP contribution in [-0.4, -0.2) is 23.2 Å². The normalized spacial score (nSPS) is 11.8. The minimum atomic E-state index is -3.86. The van der Waals surface area contributed by atoms with E-state index < -0.39 is 10.0 Å². The fraction of sp³-hybridized carbons (Fsp3) is 0.200. The standard InChI is InChI=1S/C10H11BrN4O2S/c1-6-3-4-7(5-8(6)11)9-13-14-10(15(9)2)18(12,16)17/h3-5H,1-2H3,(H2,12,16,17). The Balaban J connectivity index is 2.59. The number of halogens is 1. The molecule has 0 bridgehead atoms. The molecule has 0 aliphatic heterocycles. The Bertz CT molecular complexity index is 709. The molecule has 96 valence electrons. The summed E-state index contributed by atoms with van der Waals surface area (Å²) in [6.45, 7) is 1.96. The fourth-order valence-corrected chi connectivity index (χ4v) is 2.55. The van der Waals surface area contributed by atoms with Gasteiger partial charge in [-0.15, -0.1) is 10.2 Å². The summed E-state index contributed by atoms with van der Waals surface area (Å²) < 4.78 is 24.8. The third kappa shape index (κ3) is 2.31. The molecule has 6 nitrogen and oxygen atoms in total. The molecule has 0 saturated carbocycles. The van der Waals surface area contributed by atoms with Crippen LogP contribution < -0.4 is 5.14 Å². The van der Waals surface area contributed by atoms with Crippen molar-refractivity contribution in [3.63, 3.8) is 0 Å². The van der Waals surface area contributed by atoms with Crippen molar-refractivity contribution < 1.29 is 8.42 Å². The zero-order valence-corrected chi connectivity index (χ0v) is 12.2. The van der Waals surface area contributed by atoms with E-state index >= 15 is 0 Å². The van der Waals surface area contributed by atoms with Crippen molar-refractivity contribution in [1.29, 1.82) is 0 Å². The summed E-state index contributed by atoms with van der Waals surface area (Å²) in [6.07, 6.45) is 0. The predicted molar refractivity (Wildman–Crippen MR) is 70.2 cm³/mol. The molecule has 1 heterocycles. The second-order valence-electron chi connectivity index (χ2n) is 3.87. The van der Waals surface area contributed by atoms with Gasteiger partial charge in [-0.25, -0.2) is 13.6 Å². The third-order valence-corrected chi connectivity index (χ3v) is 4.24. The summed E-state index contributed by atoms with van der Waals surface area (Å²) in [5.74, 6) is 0.444. The summed E-state index contributed by atoms with van der Waals surface area (Å²) in [7, 11) is -2.30. The molecule has 0 amide bonds. The van der Waals surface area contributed by atoms with E-state index in [2.05, 4.69) is 26.1 Å². The predicted octanol–water partition coefficient (Wildman–Crippen LogP) is 1.20. The first-order valence-corrected chi connectivity index (χ1v) is 7.33. The average molecular weight is 331 g/mol. The second kappa shape index (κ2) is 4.45. The number of rotatable bonds is 2. The molecule has 0 unspecified atom stereocenters. The second-order valence-corrected chi connectivity index (χ2v) is 6.18. The van der Waals surface area contributed by atoms with E-state index in [1.165, 1.54) is 4.57 Å². The van der Waals surface area contributed by atoms with Crippen molar-refractivity contribution in [2.75, 3.05) is 0 Å². The molecule has 0 spiro atoms. The van der Waals surface area contributed by atoms with Crippen LogP contribution in [0.25, 0.3) is 11.4 Å². The molecule has 0 radical (unpaired) electrons. The van der Waals surface area contributed by atoms with Crippen LogP contribution in [0, 0.1) is 6.92 Å². The highest BCUT2D eigenvalue weighted by Crippen LogP contribution is 2.24. The lowest BCUT2D eigenvalue weighted by atomic mass is 10.1. The van der Waals surface area contributed by atoms with E-state index in [0.29, 0.717) is 5.82 Å². The first kappa shape index (κ1) is 13.2. The van der Waals surface area contributed by atoms with Gasteiger partial charge in [-0.05, 0) is 18.6 Å². The summed E-state index contributed by atoms with van der Waals surface area (Å²) in [6, 6.07) is 5.61. The Labute approximate surface area is 113 Å². The Hall–Kier alpha value is -1.25. The summed E-state index contributed by atoms with van der Waals surface area (Å²) >= 11 is 3.41. The van der Waals surface area contributed by atoms with Gasteiger partial charge >= 0.3 is 0 Å². The van der Waals surface area contributed by atoms with Crippen LogP contribution in [0.15, 0.2) is 27.8 Å². The summed E-state index contributed by atoms with van der Waals surface area (Å²) in [5.41, 5.74) is 1.84. The molecule has 0 fully saturated rings. The summed E-state index contributed by atoms with van der Waals surface area (Å²) in [4.78, 5) is 0. The van der Waals surface area contributed by atoms with Gasteiger partial charge in [0.25, 0.3) is 15.2 Å². The number of primary sulfonamides is 1. The van der Waals surface area contributed by atoms with Gasteiger partial charge in [0, 0.05) is 17.1 Å². The fourth-order valence-electron chi connectivity index (χ4n) is 1.55. The Morgan fingerprint density at radius 1 is 1.33 bits per heavy atom. The lowest BCUT2D eigenvalue weighted by Gasteiger charge is -2.04. The highest BCUT2D eigenvalue weighted by atomic mass is 79.9. The molecule has 1 aromatic carbocycles. The minimum Gasteiger partial charge on any atom is -0.300 e. The number of benzene rings is 1. The van der Waals surface area contributed by atoms with Gasteiger partial charge in [-0.3, -0.25) is 4.57 Å². The zero-order chi connectivity index (χ0) is 13.5. The van der Waals surface area contributed by atoms with Gasteiger partial charge in [0.2, 0.25) is 0 Å². The van der Waals surface area contributed by atoms with Crippen LogP contribution in [0.3, 0.4) is 0 Å². The first-order chi connectivity index (χ1) is 8.30. The van der Waals surface area contributed by atoms with Crippen molar-refractivity contribution in [1.82, 2.24) is 14.8 Å². The van der Waals surface area contributed by atoms with Crippen LogP contribution in [0.5, 0.6) is 0 Å².